The van der Waals surface area contributed by atoms with Crippen molar-refractivity contribution in [1.82, 2.24) is 4.90 Å². The molecular weight excluding hydrogens is 256 g/mol. The number of primary amides is 1. The summed E-state index contributed by atoms with van der Waals surface area (Å²) in [5.74, 6) is -0.562. The van der Waals surface area contributed by atoms with Crippen molar-refractivity contribution in [2.75, 3.05) is 20.2 Å². The van der Waals surface area contributed by atoms with Gasteiger partial charge in [0.25, 0.3) is 0 Å². The lowest BCUT2D eigenvalue weighted by Crippen LogP contribution is -2.41. The summed E-state index contributed by atoms with van der Waals surface area (Å²) in [6.45, 7) is 1.74. The number of benzene rings is 1. The second-order valence-electron chi connectivity index (χ2n) is 5.03. The summed E-state index contributed by atoms with van der Waals surface area (Å²) in [6, 6.07) is 7.24. The van der Waals surface area contributed by atoms with Gasteiger partial charge in [-0.2, -0.15) is 0 Å². The molecule has 1 atom stereocenters. The molecule has 1 fully saturated rings. The van der Waals surface area contributed by atoms with Gasteiger partial charge in [0.15, 0.2) is 0 Å². The third-order valence-electron chi connectivity index (χ3n) is 3.75. The van der Waals surface area contributed by atoms with Crippen molar-refractivity contribution >= 4 is 11.9 Å². The smallest absolute Gasteiger partial charge is 0.337 e. The van der Waals surface area contributed by atoms with Gasteiger partial charge in [-0.15, -0.1) is 0 Å². The fraction of sp³-hybridized carbons (Fsp3) is 0.467. The third-order valence-corrected chi connectivity index (χ3v) is 3.75. The highest BCUT2D eigenvalue weighted by Crippen LogP contribution is 2.17. The van der Waals surface area contributed by atoms with Gasteiger partial charge in [-0.25, -0.2) is 4.79 Å². The number of amides is 1. The van der Waals surface area contributed by atoms with Gasteiger partial charge in [0.2, 0.25) is 5.91 Å². The van der Waals surface area contributed by atoms with Crippen molar-refractivity contribution in [1.29, 1.82) is 0 Å². The lowest BCUT2D eigenvalue weighted by Gasteiger charge is -2.21. The first-order valence-corrected chi connectivity index (χ1v) is 6.82. The first-order valence-electron chi connectivity index (χ1n) is 6.82. The van der Waals surface area contributed by atoms with Crippen LogP contribution in [-0.2, 0) is 16.0 Å². The number of nitrogens with zero attached hydrogens (tertiary/aromatic N) is 1. The van der Waals surface area contributed by atoms with Crippen LogP contribution in [0.1, 0.15) is 28.8 Å². The van der Waals surface area contributed by atoms with Gasteiger partial charge in [0, 0.05) is 6.54 Å². The first-order chi connectivity index (χ1) is 9.61. The minimum atomic E-state index is -0.329. The Labute approximate surface area is 118 Å². The Kier molecular flexibility index (Phi) is 4.74. The van der Waals surface area contributed by atoms with E-state index in [0.29, 0.717) is 5.56 Å². The molecule has 0 bridgehead atoms. The Hall–Kier alpha value is -1.88. The summed E-state index contributed by atoms with van der Waals surface area (Å²) in [4.78, 5) is 24.8. The maximum atomic E-state index is 11.3. The van der Waals surface area contributed by atoms with Gasteiger partial charge < -0.3 is 10.5 Å². The van der Waals surface area contributed by atoms with Gasteiger partial charge in [0.05, 0.1) is 18.7 Å². The van der Waals surface area contributed by atoms with E-state index in [1.807, 2.05) is 12.1 Å². The molecule has 0 aromatic heterocycles. The molecule has 1 aromatic rings. The van der Waals surface area contributed by atoms with Crippen molar-refractivity contribution < 1.29 is 14.3 Å². The van der Waals surface area contributed by atoms with Crippen LogP contribution in [0.3, 0.4) is 0 Å². The highest BCUT2D eigenvalue weighted by Gasteiger charge is 2.28. The lowest BCUT2D eigenvalue weighted by molar-refractivity contribution is -0.122. The van der Waals surface area contributed by atoms with Gasteiger partial charge in [-0.1, -0.05) is 12.1 Å². The van der Waals surface area contributed by atoms with Crippen molar-refractivity contribution in [3.63, 3.8) is 0 Å². The topological polar surface area (TPSA) is 72.6 Å². The van der Waals surface area contributed by atoms with Crippen molar-refractivity contribution in [3.05, 3.63) is 35.4 Å². The van der Waals surface area contributed by atoms with Crippen LogP contribution in [0.15, 0.2) is 24.3 Å². The second-order valence-corrected chi connectivity index (χ2v) is 5.03. The quantitative estimate of drug-likeness (QED) is 0.813. The molecule has 1 amide bonds. The predicted octanol–water partition coefficient (Wildman–Crippen LogP) is 0.965. The van der Waals surface area contributed by atoms with Gasteiger partial charge >= 0.3 is 5.97 Å². The molecule has 1 aromatic carbocycles. The molecule has 1 aliphatic rings. The highest BCUT2D eigenvalue weighted by atomic mass is 16.5. The number of likely N-dealkylation sites (tertiary alicyclic amines) is 1. The molecule has 2 N–H and O–H groups in total. The zero-order valence-corrected chi connectivity index (χ0v) is 11.7. The normalized spacial score (nSPS) is 18.9. The van der Waals surface area contributed by atoms with Crippen molar-refractivity contribution in [2.24, 2.45) is 5.73 Å². The van der Waals surface area contributed by atoms with Crippen LogP contribution >= 0.6 is 0 Å². The van der Waals surface area contributed by atoms with Crippen LogP contribution in [-0.4, -0.2) is 43.0 Å². The van der Waals surface area contributed by atoms with E-state index in [0.717, 1.165) is 37.9 Å². The Morgan fingerprint density at radius 3 is 2.65 bits per heavy atom. The van der Waals surface area contributed by atoms with E-state index in [2.05, 4.69) is 9.64 Å². The van der Waals surface area contributed by atoms with E-state index in [4.69, 9.17) is 5.73 Å². The molecular formula is C15H20N2O3. The Morgan fingerprint density at radius 1 is 1.35 bits per heavy atom. The average molecular weight is 276 g/mol. The average Bonchev–Trinajstić information content (AvgIpc) is 2.93. The third kappa shape index (κ3) is 3.36. The molecule has 0 spiro atoms. The number of rotatable bonds is 5. The maximum absolute atomic E-state index is 11.3. The summed E-state index contributed by atoms with van der Waals surface area (Å²) < 4.78 is 4.66. The molecule has 0 unspecified atom stereocenters. The standard InChI is InChI=1S/C15H20N2O3/c1-20-15(19)12-6-4-11(5-7-12)8-10-17-9-2-3-13(17)14(16)18/h4-7,13H,2-3,8-10H2,1H3,(H2,16,18)/t13-/m1/s1. The van der Waals surface area contributed by atoms with Crippen LogP contribution in [0.5, 0.6) is 0 Å². The SMILES string of the molecule is COC(=O)c1ccc(CCN2CCC[C@@H]2C(N)=O)cc1. The monoisotopic (exact) mass is 276 g/mol. The number of nitrogens with two attached hydrogens (primary N) is 1. The largest absolute Gasteiger partial charge is 0.465 e. The summed E-state index contributed by atoms with van der Waals surface area (Å²) in [6.07, 6.45) is 2.72. The van der Waals surface area contributed by atoms with Gasteiger partial charge in [0.1, 0.15) is 0 Å². The summed E-state index contributed by atoms with van der Waals surface area (Å²) >= 11 is 0. The van der Waals surface area contributed by atoms with Crippen LogP contribution in [0.2, 0.25) is 0 Å². The molecule has 0 saturated carbocycles. The molecule has 2 rings (SSSR count). The van der Waals surface area contributed by atoms with E-state index in [-0.39, 0.29) is 17.9 Å². The molecule has 20 heavy (non-hydrogen) atoms. The van der Waals surface area contributed by atoms with Crippen molar-refractivity contribution in [3.8, 4) is 0 Å². The van der Waals surface area contributed by atoms with Crippen molar-refractivity contribution in [2.45, 2.75) is 25.3 Å². The number of methoxy groups -OCH3 is 1. The zero-order valence-electron chi connectivity index (χ0n) is 11.7. The number of carbonyl (C=O) groups is 2. The van der Waals surface area contributed by atoms with E-state index in [9.17, 15) is 9.59 Å². The fourth-order valence-corrected chi connectivity index (χ4v) is 2.61. The molecule has 1 aliphatic heterocycles. The van der Waals surface area contributed by atoms with Crippen LogP contribution < -0.4 is 5.73 Å². The van der Waals surface area contributed by atoms with Crippen LogP contribution in [0.25, 0.3) is 0 Å². The predicted molar refractivity (Wildman–Crippen MR) is 75.3 cm³/mol. The van der Waals surface area contributed by atoms with E-state index < -0.39 is 0 Å². The summed E-state index contributed by atoms with van der Waals surface area (Å²) in [5.41, 5.74) is 7.07. The molecule has 5 heteroatoms. The van der Waals surface area contributed by atoms with Gasteiger partial charge in [-0.3, -0.25) is 9.69 Å². The Balaban J connectivity index is 1.91. The molecule has 0 aliphatic carbocycles. The molecule has 1 saturated heterocycles. The summed E-state index contributed by atoms with van der Waals surface area (Å²) in [7, 11) is 1.37. The Bertz CT molecular complexity index is 484. The van der Waals surface area contributed by atoms with Crippen LogP contribution in [0, 0.1) is 0 Å². The van der Waals surface area contributed by atoms with Gasteiger partial charge in [-0.05, 0) is 43.5 Å². The highest BCUT2D eigenvalue weighted by molar-refractivity contribution is 5.89. The number of carbonyl (C=O) groups excluding carboxylic acids is 2. The number of ether oxygens (including phenoxy) is 1. The first kappa shape index (κ1) is 14.5. The van der Waals surface area contributed by atoms with E-state index >= 15 is 0 Å². The number of esters is 1. The molecule has 1 heterocycles. The zero-order chi connectivity index (χ0) is 14.5. The second kappa shape index (κ2) is 6.52. The maximum Gasteiger partial charge on any atom is 0.337 e. The molecule has 0 radical (unpaired) electrons. The lowest BCUT2D eigenvalue weighted by atomic mass is 10.1. The van der Waals surface area contributed by atoms with E-state index in [1.54, 1.807) is 12.1 Å². The molecule has 5 nitrogen and oxygen atoms in total. The Morgan fingerprint density at radius 2 is 2.05 bits per heavy atom. The van der Waals surface area contributed by atoms with Crippen LogP contribution in [0.4, 0.5) is 0 Å². The molecule has 108 valence electrons. The minimum Gasteiger partial charge on any atom is -0.465 e. The minimum absolute atomic E-state index is 0.121. The summed E-state index contributed by atoms with van der Waals surface area (Å²) in [5, 5.41) is 0. The fourth-order valence-electron chi connectivity index (χ4n) is 2.61. The van der Waals surface area contributed by atoms with E-state index in [1.165, 1.54) is 7.11 Å². The number of hydrogen-bond donors (Lipinski definition) is 1. The number of hydrogen-bond acceptors (Lipinski definition) is 4.